The molecule has 1 unspecified atom stereocenters. The minimum absolute atomic E-state index is 0.0637. The summed E-state index contributed by atoms with van der Waals surface area (Å²) in [5, 5.41) is 3.41. The van der Waals surface area contributed by atoms with E-state index in [1.165, 1.54) is 0 Å². The second kappa shape index (κ2) is 8.84. The average Bonchev–Trinajstić information content (AvgIpc) is 3.52. The van der Waals surface area contributed by atoms with Crippen LogP contribution in [0.4, 0.5) is 11.5 Å². The average molecular weight is 414 g/mol. The molecule has 2 fully saturated rings. The number of anilines is 2. The number of likely N-dealkylation sites (tertiary alicyclic amines) is 1. The number of carbonyl (C=O) groups excluding carboxylic acids is 1. The normalized spacial score (nSPS) is 19.0. The van der Waals surface area contributed by atoms with Crippen LogP contribution in [0.3, 0.4) is 0 Å². The fraction of sp³-hybridized carbons (Fsp3) is 0.360. The van der Waals surface area contributed by atoms with Gasteiger partial charge in [-0.2, -0.15) is 0 Å². The van der Waals surface area contributed by atoms with Gasteiger partial charge >= 0.3 is 0 Å². The number of benzene rings is 1. The van der Waals surface area contributed by atoms with Crippen molar-refractivity contribution in [2.24, 2.45) is 5.92 Å². The Morgan fingerprint density at radius 1 is 0.935 bits per heavy atom. The molecule has 0 radical (unpaired) electrons. The van der Waals surface area contributed by atoms with E-state index in [1.54, 1.807) is 12.4 Å². The number of para-hydroxylation sites is 1. The van der Waals surface area contributed by atoms with Crippen molar-refractivity contribution in [3.8, 4) is 11.3 Å². The molecule has 0 bridgehead atoms. The number of aromatic nitrogens is 3. The zero-order valence-corrected chi connectivity index (χ0v) is 17.6. The van der Waals surface area contributed by atoms with Gasteiger partial charge in [-0.25, -0.2) is 9.97 Å². The fourth-order valence-electron chi connectivity index (χ4n) is 4.73. The van der Waals surface area contributed by atoms with Crippen molar-refractivity contribution in [2.45, 2.75) is 44.6 Å². The van der Waals surface area contributed by atoms with Gasteiger partial charge < -0.3 is 10.2 Å². The van der Waals surface area contributed by atoms with Crippen molar-refractivity contribution < 1.29 is 4.79 Å². The molecule has 1 N–H and O–H groups in total. The van der Waals surface area contributed by atoms with Crippen molar-refractivity contribution in [1.82, 2.24) is 19.9 Å². The van der Waals surface area contributed by atoms with Crippen molar-refractivity contribution in [3.63, 3.8) is 0 Å². The summed E-state index contributed by atoms with van der Waals surface area (Å²) in [6.07, 6.45) is 9.79. The Morgan fingerprint density at radius 3 is 2.48 bits per heavy atom. The van der Waals surface area contributed by atoms with Gasteiger partial charge in [-0.3, -0.25) is 9.78 Å². The molecular weight excluding hydrogens is 386 g/mol. The van der Waals surface area contributed by atoms with Gasteiger partial charge in [-0.05, 0) is 49.9 Å². The van der Waals surface area contributed by atoms with Crippen molar-refractivity contribution in [3.05, 3.63) is 66.7 Å². The summed E-state index contributed by atoms with van der Waals surface area (Å²) in [5.41, 5.74) is 2.80. The maximum absolute atomic E-state index is 13.2. The summed E-state index contributed by atoms with van der Waals surface area (Å²) < 4.78 is 0. The summed E-state index contributed by atoms with van der Waals surface area (Å²) in [6, 6.07) is 15.8. The van der Waals surface area contributed by atoms with Gasteiger partial charge in [0.1, 0.15) is 5.82 Å². The smallest absolute Gasteiger partial charge is 0.226 e. The molecule has 0 spiro atoms. The highest BCUT2D eigenvalue weighted by Gasteiger charge is 2.36. The van der Waals surface area contributed by atoms with E-state index >= 15 is 0 Å². The standard InChI is InChI=1S/C25H27N5O/c31-25(19-7-4-5-8-19)30-16-6-11-22(30)24-28-21(18-12-14-26-15-13-18)17-23(29-24)27-20-9-2-1-3-10-20/h1-3,9-10,12-15,17,19,22H,4-8,11,16H2,(H,27,28,29). The second-order valence-corrected chi connectivity index (χ2v) is 8.39. The van der Waals surface area contributed by atoms with Gasteiger partial charge in [0.2, 0.25) is 5.91 Å². The van der Waals surface area contributed by atoms with E-state index < -0.39 is 0 Å². The molecule has 1 saturated heterocycles. The molecule has 2 aliphatic rings. The zero-order valence-electron chi connectivity index (χ0n) is 17.6. The van der Waals surface area contributed by atoms with Gasteiger partial charge in [0.25, 0.3) is 0 Å². The highest BCUT2D eigenvalue weighted by atomic mass is 16.2. The van der Waals surface area contributed by atoms with Gasteiger partial charge in [-0.1, -0.05) is 31.0 Å². The van der Waals surface area contributed by atoms with Crippen molar-refractivity contribution in [2.75, 3.05) is 11.9 Å². The van der Waals surface area contributed by atoms with E-state index in [-0.39, 0.29) is 17.9 Å². The van der Waals surface area contributed by atoms with Crippen molar-refractivity contribution >= 4 is 17.4 Å². The molecule has 6 heteroatoms. The van der Waals surface area contributed by atoms with E-state index in [1.807, 2.05) is 53.4 Å². The molecule has 158 valence electrons. The molecule has 3 heterocycles. The van der Waals surface area contributed by atoms with Crippen LogP contribution >= 0.6 is 0 Å². The first-order chi connectivity index (χ1) is 15.3. The van der Waals surface area contributed by atoms with Crippen LogP contribution in [0.15, 0.2) is 60.9 Å². The minimum atomic E-state index is -0.0637. The number of pyridine rings is 1. The molecule has 1 atom stereocenters. The van der Waals surface area contributed by atoms with Crippen LogP contribution in [0.2, 0.25) is 0 Å². The third-order valence-electron chi connectivity index (χ3n) is 6.30. The van der Waals surface area contributed by atoms with Crippen LogP contribution in [0.25, 0.3) is 11.3 Å². The monoisotopic (exact) mass is 413 g/mol. The molecule has 2 aromatic heterocycles. The Bertz CT molecular complexity index is 1030. The van der Waals surface area contributed by atoms with E-state index in [9.17, 15) is 4.79 Å². The third kappa shape index (κ3) is 4.29. The summed E-state index contributed by atoms with van der Waals surface area (Å²) in [6.45, 7) is 0.796. The molecule has 6 nitrogen and oxygen atoms in total. The summed E-state index contributed by atoms with van der Waals surface area (Å²) >= 11 is 0. The first-order valence-corrected chi connectivity index (χ1v) is 11.2. The Morgan fingerprint density at radius 2 is 1.71 bits per heavy atom. The Balaban J connectivity index is 1.50. The van der Waals surface area contributed by atoms with Crippen molar-refractivity contribution in [1.29, 1.82) is 0 Å². The van der Waals surface area contributed by atoms with Gasteiger partial charge in [0.05, 0.1) is 11.7 Å². The van der Waals surface area contributed by atoms with E-state index in [2.05, 4.69) is 10.3 Å². The van der Waals surface area contributed by atoms with Crippen LogP contribution in [0.5, 0.6) is 0 Å². The second-order valence-electron chi connectivity index (χ2n) is 8.39. The predicted molar refractivity (Wildman–Crippen MR) is 121 cm³/mol. The number of hydrogen-bond acceptors (Lipinski definition) is 5. The topological polar surface area (TPSA) is 71.0 Å². The highest BCUT2D eigenvalue weighted by molar-refractivity contribution is 5.80. The van der Waals surface area contributed by atoms with Crippen LogP contribution in [-0.2, 0) is 4.79 Å². The first-order valence-electron chi connectivity index (χ1n) is 11.2. The minimum Gasteiger partial charge on any atom is -0.340 e. The van der Waals surface area contributed by atoms with E-state index in [0.717, 1.165) is 73.7 Å². The first kappa shape index (κ1) is 19.7. The van der Waals surface area contributed by atoms with E-state index in [0.29, 0.717) is 0 Å². The molecule has 1 aliphatic carbocycles. The quantitative estimate of drug-likeness (QED) is 0.627. The number of amides is 1. The molecule has 5 rings (SSSR count). The lowest BCUT2D eigenvalue weighted by Gasteiger charge is -2.27. The Kier molecular flexibility index (Phi) is 5.61. The van der Waals surface area contributed by atoms with Crippen LogP contribution in [0.1, 0.15) is 50.4 Å². The Labute approximate surface area is 182 Å². The number of carbonyl (C=O) groups is 1. The van der Waals surface area contributed by atoms with Crippen LogP contribution < -0.4 is 5.32 Å². The molecule has 31 heavy (non-hydrogen) atoms. The molecular formula is C25H27N5O. The predicted octanol–water partition coefficient (Wildman–Crippen LogP) is 5.14. The molecule has 1 saturated carbocycles. The third-order valence-corrected chi connectivity index (χ3v) is 6.30. The largest absolute Gasteiger partial charge is 0.340 e. The lowest BCUT2D eigenvalue weighted by molar-refractivity contribution is -0.136. The lowest BCUT2D eigenvalue weighted by Crippen LogP contribution is -2.35. The van der Waals surface area contributed by atoms with Gasteiger partial charge in [-0.15, -0.1) is 0 Å². The maximum Gasteiger partial charge on any atom is 0.226 e. The Hall–Kier alpha value is -3.28. The molecule has 3 aromatic rings. The number of rotatable bonds is 5. The highest BCUT2D eigenvalue weighted by Crippen LogP contribution is 2.36. The van der Waals surface area contributed by atoms with Gasteiger partial charge in [0, 0.05) is 42.2 Å². The van der Waals surface area contributed by atoms with E-state index in [4.69, 9.17) is 9.97 Å². The maximum atomic E-state index is 13.2. The fourth-order valence-corrected chi connectivity index (χ4v) is 4.73. The zero-order chi connectivity index (χ0) is 21.0. The number of hydrogen-bond donors (Lipinski definition) is 1. The van der Waals surface area contributed by atoms with Gasteiger partial charge in [0.15, 0.2) is 5.82 Å². The van der Waals surface area contributed by atoms with Crippen LogP contribution in [-0.4, -0.2) is 32.3 Å². The lowest BCUT2D eigenvalue weighted by atomic mass is 10.1. The molecule has 1 aromatic carbocycles. The summed E-state index contributed by atoms with van der Waals surface area (Å²) in [5.74, 6) is 1.92. The number of nitrogens with zero attached hydrogens (tertiary/aromatic N) is 4. The number of nitrogens with one attached hydrogen (secondary N) is 1. The van der Waals surface area contributed by atoms with Crippen LogP contribution in [0, 0.1) is 5.92 Å². The summed E-state index contributed by atoms with van der Waals surface area (Å²) in [4.78, 5) is 29.2. The summed E-state index contributed by atoms with van der Waals surface area (Å²) in [7, 11) is 0. The molecule has 1 amide bonds. The molecule has 1 aliphatic heterocycles. The SMILES string of the molecule is O=C(C1CCCC1)N1CCCC1c1nc(Nc2ccccc2)cc(-c2ccncc2)n1.